The van der Waals surface area contributed by atoms with Crippen LogP contribution in [-0.4, -0.2) is 15.3 Å². The highest BCUT2D eigenvalue weighted by molar-refractivity contribution is 6.60. The first kappa shape index (κ1) is 12.7. The van der Waals surface area contributed by atoms with E-state index in [1.807, 2.05) is 0 Å². The van der Waals surface area contributed by atoms with Crippen molar-refractivity contribution < 1.29 is 0 Å². The molecule has 0 spiro atoms. The van der Waals surface area contributed by atoms with E-state index >= 15 is 0 Å². The average Bonchev–Trinajstić information content (AvgIpc) is 2.48. The minimum absolute atomic E-state index is 0.181. The maximum Gasteiger partial charge on any atom is 0.0530 e. The highest BCUT2D eigenvalue weighted by Gasteiger charge is 2.25. The van der Waals surface area contributed by atoms with E-state index in [1.165, 1.54) is 47.1 Å². The topological polar surface area (TPSA) is 12.0 Å². The van der Waals surface area contributed by atoms with Gasteiger partial charge < -0.3 is 5.32 Å². The average molecular weight is 268 g/mol. The van der Waals surface area contributed by atoms with Crippen molar-refractivity contribution in [2.24, 2.45) is 0 Å². The minimum atomic E-state index is -0.181. The second-order valence-corrected chi connectivity index (χ2v) is 9.02. The summed E-state index contributed by atoms with van der Waals surface area (Å²) < 4.78 is 0. The molecule has 3 rings (SSSR count). The molecule has 1 aliphatic rings. The van der Waals surface area contributed by atoms with Crippen LogP contribution >= 0.6 is 0 Å². The van der Waals surface area contributed by atoms with Gasteiger partial charge in [-0.25, -0.2) is 0 Å². The molecule has 0 bridgehead atoms. The fourth-order valence-electron chi connectivity index (χ4n) is 3.37. The lowest BCUT2D eigenvalue weighted by Gasteiger charge is -2.31. The van der Waals surface area contributed by atoms with Crippen molar-refractivity contribution in [1.82, 2.24) is 0 Å². The molecule has 0 aliphatic carbocycles. The lowest BCUT2D eigenvalue weighted by Crippen LogP contribution is -2.30. The third-order valence-electron chi connectivity index (χ3n) is 4.49. The first-order valence-corrected chi connectivity index (χ1v) is 9.41. The fourth-order valence-corrected chi connectivity index (χ4v) is 5.93. The number of fused-ring (bicyclic) bond motifs is 3. The van der Waals surface area contributed by atoms with Gasteiger partial charge in [-0.15, -0.1) is 0 Å². The summed E-state index contributed by atoms with van der Waals surface area (Å²) in [5.74, 6) is 0. The fraction of sp³-hybridized carbons (Fsp3) is 0.412. The molecular weight excluding hydrogens is 246 g/mol. The molecule has 99 valence electrons. The van der Waals surface area contributed by atoms with E-state index in [1.54, 1.807) is 0 Å². The van der Waals surface area contributed by atoms with Gasteiger partial charge in [0.05, 0.1) is 8.80 Å². The minimum Gasteiger partial charge on any atom is -0.384 e. The third-order valence-corrected chi connectivity index (χ3v) is 7.87. The molecule has 1 heterocycles. The molecule has 2 aromatic rings. The summed E-state index contributed by atoms with van der Waals surface area (Å²) in [7, 11) is -0.181. The first-order chi connectivity index (χ1) is 9.33. The van der Waals surface area contributed by atoms with Crippen LogP contribution in [0.5, 0.6) is 0 Å². The number of benzene rings is 2. The molecule has 1 nitrogen and oxygen atoms in total. The zero-order chi connectivity index (χ0) is 13.2. The maximum absolute atomic E-state index is 3.73. The predicted molar refractivity (Wildman–Crippen MR) is 86.6 cm³/mol. The molecule has 19 heavy (non-hydrogen) atoms. The van der Waals surface area contributed by atoms with E-state index in [4.69, 9.17) is 0 Å². The molecular formula is C17H22NSi. The second kappa shape index (κ2) is 5.38. The highest BCUT2D eigenvalue weighted by atomic mass is 28.3. The SMILES string of the molecule is CC[Si](CC)[C@H]1CNc2c(ccc3ccccc23)C1. The van der Waals surface area contributed by atoms with Gasteiger partial charge in [-0.3, -0.25) is 0 Å². The van der Waals surface area contributed by atoms with E-state index in [9.17, 15) is 0 Å². The number of hydrogen-bond donors (Lipinski definition) is 1. The quantitative estimate of drug-likeness (QED) is 0.795. The zero-order valence-corrected chi connectivity index (χ0v) is 12.9. The van der Waals surface area contributed by atoms with Gasteiger partial charge in [0.25, 0.3) is 0 Å². The molecule has 0 fully saturated rings. The smallest absolute Gasteiger partial charge is 0.0530 e. The van der Waals surface area contributed by atoms with E-state index in [0.717, 1.165) is 5.54 Å². The molecule has 0 saturated carbocycles. The summed E-state index contributed by atoms with van der Waals surface area (Å²) in [5, 5.41) is 6.47. The maximum atomic E-state index is 3.73. The normalized spacial score (nSPS) is 18.4. The van der Waals surface area contributed by atoms with Gasteiger partial charge in [-0.2, -0.15) is 0 Å². The molecule has 0 amide bonds. The summed E-state index contributed by atoms with van der Waals surface area (Å²) in [6.07, 6.45) is 1.28. The Balaban J connectivity index is 1.96. The van der Waals surface area contributed by atoms with Crippen LogP contribution in [0.1, 0.15) is 19.4 Å². The van der Waals surface area contributed by atoms with Gasteiger partial charge in [0.15, 0.2) is 0 Å². The van der Waals surface area contributed by atoms with Gasteiger partial charge in [0, 0.05) is 17.6 Å². The molecule has 2 aromatic carbocycles. The second-order valence-electron chi connectivity index (χ2n) is 5.47. The van der Waals surface area contributed by atoms with Gasteiger partial charge in [-0.1, -0.05) is 62.3 Å². The molecule has 1 N–H and O–H groups in total. The molecule has 1 atom stereocenters. The van der Waals surface area contributed by atoms with Crippen LogP contribution in [-0.2, 0) is 6.42 Å². The van der Waals surface area contributed by atoms with Crippen LogP contribution in [0.4, 0.5) is 5.69 Å². The Labute approximate surface area is 117 Å². The Morgan fingerprint density at radius 3 is 2.68 bits per heavy atom. The van der Waals surface area contributed by atoms with Crippen LogP contribution in [0.25, 0.3) is 10.8 Å². The number of nitrogens with one attached hydrogen (secondary N) is 1. The largest absolute Gasteiger partial charge is 0.384 e. The van der Waals surface area contributed by atoms with E-state index < -0.39 is 0 Å². The Bertz CT molecular complexity index is 574. The zero-order valence-electron chi connectivity index (χ0n) is 11.9. The van der Waals surface area contributed by atoms with Crippen molar-refractivity contribution in [3.8, 4) is 0 Å². The summed E-state index contributed by atoms with van der Waals surface area (Å²) in [4.78, 5) is 0. The number of rotatable bonds is 3. The molecule has 1 aliphatic heterocycles. The van der Waals surface area contributed by atoms with Gasteiger partial charge >= 0.3 is 0 Å². The third kappa shape index (κ3) is 2.30. The summed E-state index contributed by atoms with van der Waals surface area (Å²) in [6.45, 7) is 5.92. The molecule has 0 unspecified atom stereocenters. The van der Waals surface area contributed by atoms with Gasteiger partial charge in [0.1, 0.15) is 0 Å². The Kier molecular flexibility index (Phi) is 3.60. The molecule has 0 aromatic heterocycles. The van der Waals surface area contributed by atoms with Gasteiger partial charge in [-0.05, 0) is 22.9 Å². The monoisotopic (exact) mass is 268 g/mol. The van der Waals surface area contributed by atoms with Crippen molar-refractivity contribution in [2.75, 3.05) is 11.9 Å². The summed E-state index contributed by atoms with van der Waals surface area (Å²) in [6, 6.07) is 16.1. The number of hydrogen-bond acceptors (Lipinski definition) is 1. The molecule has 1 radical (unpaired) electrons. The Hall–Kier alpha value is -1.28. The summed E-state index contributed by atoms with van der Waals surface area (Å²) >= 11 is 0. The van der Waals surface area contributed by atoms with E-state index in [0.29, 0.717) is 0 Å². The van der Waals surface area contributed by atoms with Crippen molar-refractivity contribution in [3.05, 3.63) is 42.0 Å². The van der Waals surface area contributed by atoms with Crippen LogP contribution in [0.3, 0.4) is 0 Å². The Morgan fingerprint density at radius 1 is 1.11 bits per heavy atom. The van der Waals surface area contributed by atoms with Crippen molar-refractivity contribution in [2.45, 2.75) is 37.9 Å². The van der Waals surface area contributed by atoms with Crippen molar-refractivity contribution in [1.29, 1.82) is 0 Å². The lowest BCUT2D eigenvalue weighted by atomic mass is 9.97. The van der Waals surface area contributed by atoms with Crippen LogP contribution in [0.2, 0.25) is 17.6 Å². The molecule has 0 saturated heterocycles. The standard InChI is InChI=1S/C17H22NSi/c1-3-19(4-2)15-11-14-10-9-13-7-5-6-8-16(13)17(14)18-12-15/h5-10,15,18H,3-4,11-12H2,1-2H3/t15-/m1/s1. The van der Waals surface area contributed by atoms with Crippen molar-refractivity contribution in [3.63, 3.8) is 0 Å². The van der Waals surface area contributed by atoms with Crippen LogP contribution in [0, 0.1) is 0 Å². The highest BCUT2D eigenvalue weighted by Crippen LogP contribution is 2.36. The van der Waals surface area contributed by atoms with Gasteiger partial charge in [0.2, 0.25) is 0 Å². The first-order valence-electron chi connectivity index (χ1n) is 7.42. The van der Waals surface area contributed by atoms with Crippen molar-refractivity contribution >= 4 is 25.3 Å². The summed E-state index contributed by atoms with van der Waals surface area (Å²) in [5.41, 5.74) is 3.82. The van der Waals surface area contributed by atoms with E-state index in [2.05, 4.69) is 55.6 Å². The number of anilines is 1. The van der Waals surface area contributed by atoms with E-state index in [-0.39, 0.29) is 8.80 Å². The van der Waals surface area contributed by atoms with Crippen LogP contribution < -0.4 is 5.32 Å². The van der Waals surface area contributed by atoms with Crippen LogP contribution in [0.15, 0.2) is 36.4 Å². The molecule has 2 heteroatoms. The predicted octanol–water partition coefficient (Wildman–Crippen LogP) is 4.71. The Morgan fingerprint density at radius 2 is 1.89 bits per heavy atom. The lowest BCUT2D eigenvalue weighted by molar-refractivity contribution is 0.798.